The summed E-state index contributed by atoms with van der Waals surface area (Å²) >= 11 is 0. The molecule has 0 saturated heterocycles. The Balaban J connectivity index is 1.46. The zero-order chi connectivity index (χ0) is 21.6. The molecular formula is C26H26N2O3. The van der Waals surface area contributed by atoms with Gasteiger partial charge >= 0.3 is 0 Å². The lowest BCUT2D eigenvalue weighted by Gasteiger charge is -2.23. The van der Waals surface area contributed by atoms with Crippen LogP contribution in [0.2, 0.25) is 0 Å². The number of carbonyl (C=O) groups excluding carboxylic acids is 2. The topological polar surface area (TPSA) is 69.6 Å². The number of nitrogens with one attached hydrogen (secondary N) is 1. The molecule has 31 heavy (non-hydrogen) atoms. The second-order valence-corrected chi connectivity index (χ2v) is 7.84. The summed E-state index contributed by atoms with van der Waals surface area (Å²) in [6.07, 6.45) is 2.53. The smallest absolute Gasteiger partial charge is 0.296 e. The van der Waals surface area contributed by atoms with Gasteiger partial charge in [0.2, 0.25) is 0 Å². The first-order chi connectivity index (χ1) is 15.1. The van der Waals surface area contributed by atoms with E-state index in [2.05, 4.69) is 58.7 Å². The first-order valence-electron chi connectivity index (χ1n) is 10.6. The maximum absolute atomic E-state index is 12.3. The van der Waals surface area contributed by atoms with Gasteiger partial charge in [-0.1, -0.05) is 66.7 Å². The second-order valence-electron chi connectivity index (χ2n) is 7.84. The maximum atomic E-state index is 12.3. The molecule has 158 valence electrons. The van der Waals surface area contributed by atoms with Crippen LogP contribution in [0.1, 0.15) is 27.0 Å². The lowest BCUT2D eigenvalue weighted by molar-refractivity contribution is -0.112. The van der Waals surface area contributed by atoms with Gasteiger partial charge in [-0.3, -0.25) is 9.59 Å². The summed E-state index contributed by atoms with van der Waals surface area (Å²) in [5.74, 6) is -1.31. The molecule has 2 N–H and O–H groups in total. The largest absolute Gasteiger partial charge is 0.506 e. The van der Waals surface area contributed by atoms with Crippen LogP contribution in [0, 0.1) is 0 Å². The molecule has 1 amide bonds. The van der Waals surface area contributed by atoms with Crippen molar-refractivity contribution in [2.45, 2.75) is 19.3 Å². The number of anilines is 1. The van der Waals surface area contributed by atoms with Crippen LogP contribution >= 0.6 is 0 Å². The number of Topliss-reactive ketones (excluding diaryl/α,β-unsaturated/α-hetero) is 1. The Bertz CT molecular complexity index is 1020. The third kappa shape index (κ3) is 5.01. The fraction of sp³-hybridized carbons (Fsp3) is 0.231. The van der Waals surface area contributed by atoms with E-state index in [0.29, 0.717) is 12.0 Å². The summed E-state index contributed by atoms with van der Waals surface area (Å²) in [6.45, 7) is 2.57. The van der Waals surface area contributed by atoms with Crippen LogP contribution < -0.4 is 5.32 Å². The van der Waals surface area contributed by atoms with Crippen molar-refractivity contribution >= 4 is 17.4 Å². The third-order valence-corrected chi connectivity index (χ3v) is 5.76. The number of amides is 1. The molecule has 0 unspecified atom stereocenters. The van der Waals surface area contributed by atoms with Crippen LogP contribution in [0.4, 0.5) is 5.69 Å². The van der Waals surface area contributed by atoms with Crippen molar-refractivity contribution in [1.82, 2.24) is 4.90 Å². The number of hydrogen-bond acceptors (Lipinski definition) is 4. The zero-order valence-corrected chi connectivity index (χ0v) is 17.4. The minimum atomic E-state index is -0.678. The average Bonchev–Trinajstić information content (AvgIpc) is 3.11. The van der Waals surface area contributed by atoms with Crippen molar-refractivity contribution in [1.29, 1.82) is 0 Å². The highest BCUT2D eigenvalue weighted by molar-refractivity contribution is 6.52. The predicted molar refractivity (Wildman–Crippen MR) is 122 cm³/mol. The van der Waals surface area contributed by atoms with Crippen LogP contribution in [0.15, 0.2) is 72.8 Å². The van der Waals surface area contributed by atoms with Crippen molar-refractivity contribution in [3.05, 3.63) is 95.1 Å². The quantitative estimate of drug-likeness (QED) is 0.412. The van der Waals surface area contributed by atoms with Crippen LogP contribution in [-0.2, 0) is 24.1 Å². The van der Waals surface area contributed by atoms with E-state index in [0.717, 1.165) is 38.0 Å². The molecule has 0 saturated carbocycles. The Morgan fingerprint density at radius 3 is 1.84 bits per heavy atom. The van der Waals surface area contributed by atoms with Crippen molar-refractivity contribution in [3.63, 3.8) is 0 Å². The minimum absolute atomic E-state index is 0.0667. The standard InChI is InChI=1S/C26H26N2O3/c29-22-12-11-21(23-24(22)27-26(31)25(23)30)15-18-28(16-13-19-7-3-1-4-8-19)17-14-20-9-5-2-6-10-20/h1-12,29H,13-18H2,(H,27,30,31). The Morgan fingerprint density at radius 1 is 0.710 bits per heavy atom. The Labute approximate surface area is 182 Å². The SMILES string of the molecule is O=C1Nc2c(O)ccc(CCN(CCc3ccccc3)CCc3ccccc3)c2C1=O. The molecule has 0 aliphatic carbocycles. The van der Waals surface area contributed by atoms with E-state index < -0.39 is 11.7 Å². The summed E-state index contributed by atoms with van der Waals surface area (Å²) < 4.78 is 0. The van der Waals surface area contributed by atoms with Gasteiger partial charge in [0.15, 0.2) is 0 Å². The summed E-state index contributed by atoms with van der Waals surface area (Å²) in [6, 6.07) is 24.1. The van der Waals surface area contributed by atoms with Gasteiger partial charge in [-0.15, -0.1) is 0 Å². The number of phenolic OH excluding ortho intramolecular Hbond substituents is 1. The summed E-state index contributed by atoms with van der Waals surface area (Å²) in [4.78, 5) is 26.5. The van der Waals surface area contributed by atoms with E-state index in [1.54, 1.807) is 12.1 Å². The van der Waals surface area contributed by atoms with E-state index in [4.69, 9.17) is 0 Å². The number of carbonyl (C=O) groups is 2. The van der Waals surface area contributed by atoms with Gasteiger partial charge in [0.25, 0.3) is 11.7 Å². The van der Waals surface area contributed by atoms with Gasteiger partial charge in [0.05, 0.1) is 11.3 Å². The Kier molecular flexibility index (Phi) is 6.43. The number of aromatic hydroxyl groups is 1. The number of benzene rings is 3. The molecule has 0 spiro atoms. The number of rotatable bonds is 9. The molecule has 3 aromatic carbocycles. The molecule has 4 rings (SSSR count). The molecule has 1 heterocycles. The Hall–Kier alpha value is -3.44. The van der Waals surface area contributed by atoms with E-state index in [9.17, 15) is 14.7 Å². The maximum Gasteiger partial charge on any atom is 0.296 e. The van der Waals surface area contributed by atoms with Gasteiger partial charge in [0.1, 0.15) is 5.75 Å². The van der Waals surface area contributed by atoms with E-state index in [1.165, 1.54) is 11.1 Å². The average molecular weight is 415 g/mol. The monoisotopic (exact) mass is 414 g/mol. The molecule has 1 aliphatic heterocycles. The summed E-state index contributed by atoms with van der Waals surface area (Å²) in [5, 5.41) is 12.5. The van der Waals surface area contributed by atoms with Crippen molar-refractivity contribution < 1.29 is 14.7 Å². The fourth-order valence-electron chi connectivity index (χ4n) is 3.99. The van der Waals surface area contributed by atoms with Crippen LogP contribution in [0.3, 0.4) is 0 Å². The highest BCUT2D eigenvalue weighted by atomic mass is 16.3. The predicted octanol–water partition coefficient (Wildman–Crippen LogP) is 3.86. The molecule has 0 fully saturated rings. The highest BCUT2D eigenvalue weighted by Gasteiger charge is 2.32. The first kappa shape index (κ1) is 20.8. The fourth-order valence-corrected chi connectivity index (χ4v) is 3.99. The van der Waals surface area contributed by atoms with E-state index >= 15 is 0 Å². The molecule has 0 atom stereocenters. The van der Waals surface area contributed by atoms with Crippen molar-refractivity contribution in [2.24, 2.45) is 0 Å². The van der Waals surface area contributed by atoms with Crippen LogP contribution in [-0.4, -0.2) is 41.3 Å². The molecular weight excluding hydrogens is 388 g/mol. The zero-order valence-electron chi connectivity index (χ0n) is 17.4. The molecule has 5 nitrogen and oxygen atoms in total. The first-order valence-corrected chi connectivity index (χ1v) is 10.6. The number of ketones is 1. The summed E-state index contributed by atoms with van der Waals surface area (Å²) in [7, 11) is 0. The van der Waals surface area contributed by atoms with Crippen molar-refractivity contribution in [2.75, 3.05) is 25.0 Å². The van der Waals surface area contributed by atoms with Gasteiger partial charge in [-0.05, 0) is 42.0 Å². The molecule has 5 heteroatoms. The summed E-state index contributed by atoms with van der Waals surface area (Å²) in [5.41, 5.74) is 3.94. The van der Waals surface area contributed by atoms with Gasteiger partial charge in [0, 0.05) is 19.6 Å². The van der Waals surface area contributed by atoms with E-state index in [-0.39, 0.29) is 11.4 Å². The van der Waals surface area contributed by atoms with Crippen molar-refractivity contribution in [3.8, 4) is 5.75 Å². The highest BCUT2D eigenvalue weighted by Crippen LogP contribution is 2.35. The van der Waals surface area contributed by atoms with Crippen LogP contribution in [0.25, 0.3) is 0 Å². The number of fused-ring (bicyclic) bond motifs is 1. The number of hydrogen-bond donors (Lipinski definition) is 2. The van der Waals surface area contributed by atoms with Gasteiger partial charge in [-0.25, -0.2) is 0 Å². The number of nitrogens with zero attached hydrogens (tertiary/aromatic N) is 1. The third-order valence-electron chi connectivity index (χ3n) is 5.76. The molecule has 0 radical (unpaired) electrons. The van der Waals surface area contributed by atoms with E-state index in [1.807, 2.05) is 12.1 Å². The van der Waals surface area contributed by atoms with Gasteiger partial charge < -0.3 is 15.3 Å². The molecule has 3 aromatic rings. The lowest BCUT2D eigenvalue weighted by atomic mass is 10.00. The molecule has 0 aromatic heterocycles. The lowest BCUT2D eigenvalue weighted by Crippen LogP contribution is -2.31. The van der Waals surface area contributed by atoms with Gasteiger partial charge in [-0.2, -0.15) is 0 Å². The normalized spacial score (nSPS) is 12.8. The Morgan fingerprint density at radius 2 is 1.26 bits per heavy atom. The molecule has 0 bridgehead atoms. The number of phenols is 1. The minimum Gasteiger partial charge on any atom is -0.506 e. The second kappa shape index (κ2) is 9.58. The van der Waals surface area contributed by atoms with Crippen LogP contribution in [0.5, 0.6) is 5.75 Å². The molecule has 1 aliphatic rings.